The Kier molecular flexibility index (Phi) is 3.83. The van der Waals surface area contributed by atoms with Crippen LogP contribution < -0.4 is 5.32 Å². The second kappa shape index (κ2) is 4.92. The number of rotatable bonds is 4. The summed E-state index contributed by atoms with van der Waals surface area (Å²) in [4.78, 5) is 0. The van der Waals surface area contributed by atoms with Crippen molar-refractivity contribution in [2.45, 2.75) is 13.0 Å². The summed E-state index contributed by atoms with van der Waals surface area (Å²) in [5, 5.41) is 2.87. The Labute approximate surface area is 76.8 Å². The van der Waals surface area contributed by atoms with Crippen molar-refractivity contribution in [2.75, 3.05) is 13.2 Å². The maximum Gasteiger partial charge on any atom is 0.127 e. The van der Waals surface area contributed by atoms with Crippen molar-refractivity contribution < 1.29 is 8.78 Å². The molecule has 13 heavy (non-hydrogen) atoms. The molecule has 1 unspecified atom stereocenters. The van der Waals surface area contributed by atoms with Crippen LogP contribution in [0.15, 0.2) is 24.3 Å². The molecule has 0 fully saturated rings. The van der Waals surface area contributed by atoms with Crippen molar-refractivity contribution >= 4 is 0 Å². The van der Waals surface area contributed by atoms with E-state index in [0.717, 1.165) is 0 Å². The first kappa shape index (κ1) is 10.1. The fourth-order valence-corrected chi connectivity index (χ4v) is 1.21. The van der Waals surface area contributed by atoms with E-state index in [0.29, 0.717) is 5.56 Å². The van der Waals surface area contributed by atoms with E-state index in [1.165, 1.54) is 6.07 Å². The minimum Gasteiger partial charge on any atom is -0.307 e. The van der Waals surface area contributed by atoms with Crippen LogP contribution in [-0.4, -0.2) is 13.2 Å². The fourth-order valence-electron chi connectivity index (χ4n) is 1.21. The van der Waals surface area contributed by atoms with Gasteiger partial charge in [0, 0.05) is 18.2 Å². The Balaban J connectivity index is 2.65. The van der Waals surface area contributed by atoms with Crippen LogP contribution in [0.1, 0.15) is 18.5 Å². The first-order valence-electron chi connectivity index (χ1n) is 4.29. The monoisotopic (exact) mass is 185 g/mol. The highest BCUT2D eigenvalue weighted by molar-refractivity contribution is 5.20. The number of halogens is 2. The summed E-state index contributed by atoms with van der Waals surface area (Å²) in [7, 11) is 0. The van der Waals surface area contributed by atoms with E-state index in [2.05, 4.69) is 5.32 Å². The van der Waals surface area contributed by atoms with Gasteiger partial charge in [0.05, 0.1) is 0 Å². The van der Waals surface area contributed by atoms with Gasteiger partial charge in [-0.2, -0.15) is 0 Å². The molecule has 0 saturated carbocycles. The van der Waals surface area contributed by atoms with Gasteiger partial charge in [-0.1, -0.05) is 18.2 Å². The van der Waals surface area contributed by atoms with Crippen molar-refractivity contribution in [3.8, 4) is 0 Å². The van der Waals surface area contributed by atoms with E-state index in [1.54, 1.807) is 18.2 Å². The Morgan fingerprint density at radius 1 is 1.38 bits per heavy atom. The second-order valence-corrected chi connectivity index (χ2v) is 2.89. The van der Waals surface area contributed by atoms with Crippen LogP contribution in [0.5, 0.6) is 0 Å². The number of hydrogen-bond donors (Lipinski definition) is 1. The molecule has 3 heteroatoms. The first-order chi connectivity index (χ1) is 6.25. The van der Waals surface area contributed by atoms with Gasteiger partial charge in [-0.25, -0.2) is 8.78 Å². The SMILES string of the molecule is CC(NCCF)c1ccccc1F. The summed E-state index contributed by atoms with van der Waals surface area (Å²) < 4.78 is 24.9. The summed E-state index contributed by atoms with van der Waals surface area (Å²) >= 11 is 0. The first-order valence-corrected chi connectivity index (χ1v) is 4.29. The molecule has 1 nitrogen and oxygen atoms in total. The van der Waals surface area contributed by atoms with E-state index >= 15 is 0 Å². The molecule has 0 spiro atoms. The second-order valence-electron chi connectivity index (χ2n) is 2.89. The van der Waals surface area contributed by atoms with Crippen molar-refractivity contribution in [3.05, 3.63) is 35.6 Å². The third-order valence-electron chi connectivity index (χ3n) is 1.92. The molecule has 0 amide bonds. The van der Waals surface area contributed by atoms with E-state index in [1.807, 2.05) is 6.92 Å². The minimum absolute atomic E-state index is 0.142. The van der Waals surface area contributed by atoms with Crippen molar-refractivity contribution in [1.29, 1.82) is 0 Å². The molecule has 72 valence electrons. The zero-order valence-corrected chi connectivity index (χ0v) is 7.56. The number of nitrogens with one attached hydrogen (secondary N) is 1. The average molecular weight is 185 g/mol. The van der Waals surface area contributed by atoms with E-state index in [4.69, 9.17) is 0 Å². The molecule has 0 bridgehead atoms. The molecule has 0 aliphatic carbocycles. The van der Waals surface area contributed by atoms with Gasteiger partial charge in [0.15, 0.2) is 0 Å². The molecule has 1 N–H and O–H groups in total. The molecule has 0 aliphatic heterocycles. The van der Waals surface area contributed by atoms with Gasteiger partial charge in [0.2, 0.25) is 0 Å². The lowest BCUT2D eigenvalue weighted by atomic mass is 10.1. The van der Waals surface area contributed by atoms with Gasteiger partial charge in [0.1, 0.15) is 12.5 Å². The van der Waals surface area contributed by atoms with Gasteiger partial charge >= 0.3 is 0 Å². The molecule has 0 radical (unpaired) electrons. The number of alkyl halides is 1. The Bertz CT molecular complexity index is 263. The van der Waals surface area contributed by atoms with Gasteiger partial charge in [-0.3, -0.25) is 0 Å². The molecule has 0 aromatic heterocycles. The molecular formula is C10H13F2N. The average Bonchev–Trinajstić information content (AvgIpc) is 2.15. The highest BCUT2D eigenvalue weighted by Gasteiger charge is 2.08. The van der Waals surface area contributed by atoms with Crippen LogP contribution >= 0.6 is 0 Å². The predicted molar refractivity (Wildman–Crippen MR) is 48.8 cm³/mol. The topological polar surface area (TPSA) is 12.0 Å². The molecule has 0 aliphatic rings. The third-order valence-corrected chi connectivity index (χ3v) is 1.92. The normalized spacial score (nSPS) is 12.8. The van der Waals surface area contributed by atoms with Gasteiger partial charge < -0.3 is 5.32 Å². The summed E-state index contributed by atoms with van der Waals surface area (Å²) in [5.41, 5.74) is 0.580. The lowest BCUT2D eigenvalue weighted by Gasteiger charge is -2.13. The Morgan fingerprint density at radius 2 is 2.08 bits per heavy atom. The maximum absolute atomic E-state index is 13.1. The van der Waals surface area contributed by atoms with Gasteiger partial charge in [0.25, 0.3) is 0 Å². The lowest BCUT2D eigenvalue weighted by Crippen LogP contribution is -2.21. The summed E-state index contributed by atoms with van der Waals surface area (Å²) in [5.74, 6) is -0.249. The minimum atomic E-state index is -0.432. The van der Waals surface area contributed by atoms with Crippen LogP contribution in [0, 0.1) is 5.82 Å². The van der Waals surface area contributed by atoms with Crippen molar-refractivity contribution in [3.63, 3.8) is 0 Å². The summed E-state index contributed by atoms with van der Waals surface area (Å²) in [6.45, 7) is 1.64. The van der Waals surface area contributed by atoms with Crippen LogP contribution in [0.25, 0.3) is 0 Å². The molecule has 0 heterocycles. The van der Waals surface area contributed by atoms with Crippen LogP contribution in [-0.2, 0) is 0 Å². The zero-order chi connectivity index (χ0) is 9.68. The third kappa shape index (κ3) is 2.77. The molecule has 0 saturated heterocycles. The van der Waals surface area contributed by atoms with E-state index in [9.17, 15) is 8.78 Å². The molecule has 1 atom stereocenters. The van der Waals surface area contributed by atoms with Crippen molar-refractivity contribution in [2.24, 2.45) is 0 Å². The van der Waals surface area contributed by atoms with E-state index in [-0.39, 0.29) is 18.4 Å². The summed E-state index contributed by atoms with van der Waals surface area (Å²) in [6, 6.07) is 6.37. The lowest BCUT2D eigenvalue weighted by molar-refractivity contribution is 0.438. The van der Waals surface area contributed by atoms with Gasteiger partial charge in [-0.15, -0.1) is 0 Å². The molecule has 1 aromatic carbocycles. The Morgan fingerprint density at radius 3 is 2.69 bits per heavy atom. The quantitative estimate of drug-likeness (QED) is 0.759. The maximum atomic E-state index is 13.1. The smallest absolute Gasteiger partial charge is 0.127 e. The standard InChI is InChI=1S/C10H13F2N/c1-8(13-7-6-11)9-4-2-3-5-10(9)12/h2-5,8,13H,6-7H2,1H3. The van der Waals surface area contributed by atoms with Crippen LogP contribution in [0.3, 0.4) is 0 Å². The molecular weight excluding hydrogens is 172 g/mol. The van der Waals surface area contributed by atoms with Crippen LogP contribution in [0.4, 0.5) is 8.78 Å². The molecule has 1 aromatic rings. The summed E-state index contributed by atoms with van der Waals surface area (Å²) in [6.07, 6.45) is 0. The van der Waals surface area contributed by atoms with Crippen LogP contribution in [0.2, 0.25) is 0 Å². The van der Waals surface area contributed by atoms with E-state index < -0.39 is 6.67 Å². The number of benzene rings is 1. The fraction of sp³-hybridized carbons (Fsp3) is 0.400. The molecule has 1 rings (SSSR count). The highest BCUT2D eigenvalue weighted by atomic mass is 19.1. The van der Waals surface area contributed by atoms with Gasteiger partial charge in [-0.05, 0) is 13.0 Å². The predicted octanol–water partition coefficient (Wildman–Crippen LogP) is 2.45. The highest BCUT2D eigenvalue weighted by Crippen LogP contribution is 2.15. The zero-order valence-electron chi connectivity index (χ0n) is 7.56. The largest absolute Gasteiger partial charge is 0.307 e. The number of hydrogen-bond acceptors (Lipinski definition) is 1. The van der Waals surface area contributed by atoms with Crippen molar-refractivity contribution in [1.82, 2.24) is 5.32 Å². The Hall–Kier alpha value is -0.960.